The molecule has 3 heterocycles. The van der Waals surface area contributed by atoms with E-state index >= 15 is 0 Å². The third-order valence-corrected chi connectivity index (χ3v) is 1.95. The highest BCUT2D eigenvalue weighted by Gasteiger charge is 2.05. The average molecular weight is 186 g/mol. The lowest BCUT2D eigenvalue weighted by Crippen LogP contribution is -1.98. The standard InChI is InChI=1S/C8H6N6/c1-3-13(5-9-1)7-8-12-11-6-14(8)4-2-10-7/h1-6H. The highest BCUT2D eigenvalue weighted by atomic mass is 15.3. The van der Waals surface area contributed by atoms with Gasteiger partial charge in [0.1, 0.15) is 12.7 Å². The quantitative estimate of drug-likeness (QED) is 0.548. The Morgan fingerprint density at radius 3 is 2.93 bits per heavy atom. The Kier molecular flexibility index (Phi) is 1.35. The predicted octanol–water partition coefficient (Wildman–Crippen LogP) is 0.310. The first kappa shape index (κ1) is 7.19. The van der Waals surface area contributed by atoms with E-state index in [9.17, 15) is 0 Å². The van der Waals surface area contributed by atoms with Gasteiger partial charge < -0.3 is 0 Å². The zero-order valence-electron chi connectivity index (χ0n) is 7.15. The molecule has 3 aromatic rings. The zero-order chi connectivity index (χ0) is 9.38. The van der Waals surface area contributed by atoms with Crippen LogP contribution < -0.4 is 0 Å². The van der Waals surface area contributed by atoms with Crippen molar-refractivity contribution in [1.82, 2.24) is 29.1 Å². The lowest BCUT2D eigenvalue weighted by molar-refractivity contribution is 0.968. The van der Waals surface area contributed by atoms with Gasteiger partial charge >= 0.3 is 0 Å². The first-order valence-corrected chi connectivity index (χ1v) is 4.08. The Hall–Kier alpha value is -2.24. The summed E-state index contributed by atoms with van der Waals surface area (Å²) in [5.41, 5.74) is 0.713. The molecule has 0 radical (unpaired) electrons. The topological polar surface area (TPSA) is 60.9 Å². The summed E-state index contributed by atoms with van der Waals surface area (Å²) >= 11 is 0. The van der Waals surface area contributed by atoms with E-state index in [0.717, 1.165) is 5.82 Å². The second-order valence-corrected chi connectivity index (χ2v) is 2.78. The van der Waals surface area contributed by atoms with Crippen molar-refractivity contribution in [2.24, 2.45) is 0 Å². The minimum Gasteiger partial charge on any atom is -0.287 e. The summed E-state index contributed by atoms with van der Waals surface area (Å²) in [5, 5.41) is 7.79. The van der Waals surface area contributed by atoms with Gasteiger partial charge in [-0.3, -0.25) is 8.97 Å². The van der Waals surface area contributed by atoms with E-state index < -0.39 is 0 Å². The molecule has 6 nitrogen and oxygen atoms in total. The third-order valence-electron chi connectivity index (χ3n) is 1.95. The summed E-state index contributed by atoms with van der Waals surface area (Å²) in [7, 11) is 0. The molecule has 3 rings (SSSR count). The summed E-state index contributed by atoms with van der Waals surface area (Å²) in [5.74, 6) is 0.725. The molecule has 14 heavy (non-hydrogen) atoms. The van der Waals surface area contributed by atoms with Crippen molar-refractivity contribution in [3.63, 3.8) is 0 Å². The fraction of sp³-hybridized carbons (Fsp3) is 0. The molecule has 3 aromatic heterocycles. The van der Waals surface area contributed by atoms with E-state index in [0.29, 0.717) is 5.65 Å². The Morgan fingerprint density at radius 1 is 1.07 bits per heavy atom. The first-order chi connectivity index (χ1) is 6.95. The van der Waals surface area contributed by atoms with Gasteiger partial charge in [-0.1, -0.05) is 0 Å². The van der Waals surface area contributed by atoms with Crippen LogP contribution in [0, 0.1) is 0 Å². The van der Waals surface area contributed by atoms with Gasteiger partial charge in [0, 0.05) is 24.8 Å². The minimum atomic E-state index is 0.713. The largest absolute Gasteiger partial charge is 0.287 e. The van der Waals surface area contributed by atoms with Crippen LogP contribution in [0.25, 0.3) is 11.5 Å². The number of hydrogen-bond donors (Lipinski definition) is 0. The lowest BCUT2D eigenvalue weighted by Gasteiger charge is -2.00. The second kappa shape index (κ2) is 2.63. The SMILES string of the molecule is c1cn(-c2nccn3cnnc23)cn1. The predicted molar refractivity (Wildman–Crippen MR) is 47.9 cm³/mol. The minimum absolute atomic E-state index is 0.713. The number of imidazole rings is 1. The molecule has 0 saturated heterocycles. The van der Waals surface area contributed by atoms with Crippen LogP contribution in [-0.4, -0.2) is 29.1 Å². The molecule has 0 atom stereocenters. The van der Waals surface area contributed by atoms with Crippen LogP contribution in [0.2, 0.25) is 0 Å². The average Bonchev–Trinajstić information content (AvgIpc) is 2.88. The van der Waals surface area contributed by atoms with E-state index in [-0.39, 0.29) is 0 Å². The third kappa shape index (κ3) is 0.905. The first-order valence-electron chi connectivity index (χ1n) is 4.08. The van der Waals surface area contributed by atoms with E-state index in [4.69, 9.17) is 0 Å². The Bertz CT molecular complexity index is 552. The molecule has 0 bridgehead atoms. The highest BCUT2D eigenvalue weighted by molar-refractivity contribution is 5.52. The summed E-state index contributed by atoms with van der Waals surface area (Å²) in [4.78, 5) is 8.18. The summed E-state index contributed by atoms with van der Waals surface area (Å²) in [6.45, 7) is 0. The van der Waals surface area contributed by atoms with Gasteiger partial charge in [-0.2, -0.15) is 0 Å². The molecule has 0 N–H and O–H groups in total. The van der Waals surface area contributed by atoms with Gasteiger partial charge in [0.15, 0.2) is 5.82 Å². The highest BCUT2D eigenvalue weighted by Crippen LogP contribution is 2.08. The summed E-state index contributed by atoms with van der Waals surface area (Å²) in [6.07, 6.45) is 10.3. The maximum absolute atomic E-state index is 4.22. The maximum Gasteiger partial charge on any atom is 0.204 e. The van der Waals surface area contributed by atoms with Crippen LogP contribution in [0.3, 0.4) is 0 Å². The van der Waals surface area contributed by atoms with Crippen LogP contribution in [0.4, 0.5) is 0 Å². The van der Waals surface area contributed by atoms with Crippen molar-refractivity contribution >= 4 is 5.65 Å². The van der Waals surface area contributed by atoms with Crippen molar-refractivity contribution in [3.8, 4) is 5.82 Å². The number of hydrogen-bond acceptors (Lipinski definition) is 4. The van der Waals surface area contributed by atoms with E-state index in [1.54, 1.807) is 35.8 Å². The number of rotatable bonds is 1. The molecule has 0 aromatic carbocycles. The van der Waals surface area contributed by atoms with Gasteiger partial charge in [-0.15, -0.1) is 10.2 Å². The van der Waals surface area contributed by atoms with Crippen molar-refractivity contribution in [3.05, 3.63) is 37.4 Å². The maximum atomic E-state index is 4.22. The summed E-state index contributed by atoms with van der Waals surface area (Å²) < 4.78 is 3.60. The molecule has 68 valence electrons. The van der Waals surface area contributed by atoms with E-state index in [2.05, 4.69) is 20.2 Å². The fourth-order valence-electron chi connectivity index (χ4n) is 1.31. The summed E-state index contributed by atoms with van der Waals surface area (Å²) in [6, 6.07) is 0. The van der Waals surface area contributed by atoms with Crippen molar-refractivity contribution in [1.29, 1.82) is 0 Å². The molecular formula is C8H6N6. The van der Waals surface area contributed by atoms with E-state index in [1.165, 1.54) is 0 Å². The van der Waals surface area contributed by atoms with Gasteiger partial charge in [-0.25, -0.2) is 9.97 Å². The van der Waals surface area contributed by atoms with Crippen molar-refractivity contribution in [2.45, 2.75) is 0 Å². The molecule has 0 aliphatic carbocycles. The number of nitrogens with zero attached hydrogens (tertiary/aromatic N) is 6. The Labute approximate surface area is 78.9 Å². The van der Waals surface area contributed by atoms with E-state index in [1.807, 2.05) is 10.6 Å². The normalized spacial score (nSPS) is 10.9. The van der Waals surface area contributed by atoms with Gasteiger partial charge in [0.2, 0.25) is 5.65 Å². The van der Waals surface area contributed by atoms with Crippen LogP contribution in [0.15, 0.2) is 37.4 Å². The van der Waals surface area contributed by atoms with Crippen LogP contribution in [0.5, 0.6) is 0 Å². The molecule has 6 heteroatoms. The zero-order valence-corrected chi connectivity index (χ0v) is 7.15. The number of aromatic nitrogens is 6. The Morgan fingerprint density at radius 2 is 2.07 bits per heavy atom. The lowest BCUT2D eigenvalue weighted by atomic mass is 10.6. The van der Waals surface area contributed by atoms with Crippen LogP contribution >= 0.6 is 0 Å². The molecule has 0 fully saturated rings. The molecule has 0 unspecified atom stereocenters. The molecule has 0 aliphatic rings. The van der Waals surface area contributed by atoms with Crippen LogP contribution in [0.1, 0.15) is 0 Å². The second-order valence-electron chi connectivity index (χ2n) is 2.78. The van der Waals surface area contributed by atoms with Crippen molar-refractivity contribution < 1.29 is 0 Å². The molecule has 0 aliphatic heterocycles. The molecule has 0 amide bonds. The molecule has 0 spiro atoms. The fourth-order valence-corrected chi connectivity index (χ4v) is 1.31. The smallest absolute Gasteiger partial charge is 0.204 e. The monoisotopic (exact) mass is 186 g/mol. The molecule has 0 saturated carbocycles. The van der Waals surface area contributed by atoms with Gasteiger partial charge in [0.25, 0.3) is 0 Å². The van der Waals surface area contributed by atoms with Gasteiger partial charge in [0.05, 0.1) is 0 Å². The van der Waals surface area contributed by atoms with Crippen molar-refractivity contribution in [2.75, 3.05) is 0 Å². The molecular weight excluding hydrogens is 180 g/mol. The van der Waals surface area contributed by atoms with Crippen LogP contribution in [-0.2, 0) is 0 Å². The van der Waals surface area contributed by atoms with Gasteiger partial charge in [-0.05, 0) is 0 Å². The Balaban J connectivity index is 2.36. The number of fused-ring (bicyclic) bond motifs is 1.